The molecule has 4 aromatic rings. The summed E-state index contributed by atoms with van der Waals surface area (Å²) in [5.41, 5.74) is 1.74. The minimum atomic E-state index is -4.67. The summed E-state index contributed by atoms with van der Waals surface area (Å²) in [5.74, 6) is -0.150. The molecule has 5 N–H and O–H groups in total. The number of aromatic nitrogens is 2. The van der Waals surface area contributed by atoms with Crippen LogP contribution in [0.15, 0.2) is 65.4 Å². The molecular weight excluding hydrogens is 667 g/mol. The predicted octanol–water partition coefficient (Wildman–Crippen LogP) is 6.38. The highest BCUT2D eigenvalue weighted by Crippen LogP contribution is 2.30. The molecule has 0 aliphatic heterocycles. The summed E-state index contributed by atoms with van der Waals surface area (Å²) in [6.45, 7) is 8.89. The zero-order valence-corrected chi connectivity index (χ0v) is 27.4. The van der Waals surface area contributed by atoms with E-state index in [0.717, 1.165) is 61.2 Å². The van der Waals surface area contributed by atoms with Crippen LogP contribution in [0.4, 0.5) is 24.5 Å². The summed E-state index contributed by atoms with van der Waals surface area (Å²) < 4.78 is 73.4. The molecule has 12 nitrogen and oxygen atoms in total. The first-order valence-corrected chi connectivity index (χ1v) is 16.0. The second-order valence-electron chi connectivity index (χ2n) is 10.1. The monoisotopic (exact) mass is 703 g/mol. The summed E-state index contributed by atoms with van der Waals surface area (Å²) >= 11 is 6.03. The summed E-state index contributed by atoms with van der Waals surface area (Å²) in [5, 5.41) is 20.3. The smallest absolute Gasteiger partial charge is 0.395 e. The molecule has 0 fully saturated rings. The highest BCUT2D eigenvalue weighted by Gasteiger charge is 2.30. The average Bonchev–Trinajstić information content (AvgIpc) is 3.42. The molecule has 0 aliphatic rings. The van der Waals surface area contributed by atoms with Crippen molar-refractivity contribution in [2.24, 2.45) is 0 Å². The topological polar surface area (TPSA) is 178 Å². The van der Waals surface area contributed by atoms with E-state index in [4.69, 9.17) is 38.8 Å². The Balaban J connectivity index is 0.000000290. The van der Waals surface area contributed by atoms with Gasteiger partial charge in [0.15, 0.2) is 0 Å². The Hall–Kier alpha value is -3.80. The third-order valence-corrected chi connectivity index (χ3v) is 6.78. The number of hydrogen-bond acceptors (Lipinski definition) is 9. The standard InChI is InChI=1S/C18H26ClN3O.C12H9F3N2O2.H2O4S/c1-3-22(11-12-23)10-4-5-14(2)21-17-8-9-20-18-13-15(19)6-7-16(17)18;1-7-10(6-16-19-7)11(18)17-9-4-2-8(3-5-9)12(13,14)15;1-5(2,3)4/h6-9,13-14,23H,3-5,10-12H2,1-2H3,(H,20,21);2-6H,1H3,(H,17,18);(H2,1,2,3,4). The van der Waals surface area contributed by atoms with Crippen molar-refractivity contribution in [1.29, 1.82) is 0 Å². The summed E-state index contributed by atoms with van der Waals surface area (Å²) in [6, 6.07) is 12.4. The number of likely N-dealkylation sites (N-methyl/N-ethyl adjacent to an activating group) is 1. The maximum atomic E-state index is 12.4. The second-order valence-corrected chi connectivity index (χ2v) is 11.5. The molecule has 17 heteroatoms. The van der Waals surface area contributed by atoms with Gasteiger partial charge in [-0.1, -0.05) is 23.7 Å². The number of aryl methyl sites for hydroxylation is 1. The van der Waals surface area contributed by atoms with Crippen molar-refractivity contribution in [1.82, 2.24) is 15.0 Å². The summed E-state index contributed by atoms with van der Waals surface area (Å²) in [7, 11) is -4.67. The van der Waals surface area contributed by atoms with Crippen LogP contribution in [0, 0.1) is 6.92 Å². The number of alkyl halides is 3. The molecule has 0 aliphatic carbocycles. The van der Waals surface area contributed by atoms with Gasteiger partial charge in [0.25, 0.3) is 5.91 Å². The van der Waals surface area contributed by atoms with Crippen LogP contribution < -0.4 is 10.6 Å². The predicted molar refractivity (Wildman–Crippen MR) is 173 cm³/mol. The van der Waals surface area contributed by atoms with Crippen LogP contribution in [0.2, 0.25) is 5.02 Å². The number of hydrogen-bond donors (Lipinski definition) is 5. The highest BCUT2D eigenvalue weighted by molar-refractivity contribution is 7.79. The number of anilines is 2. The Morgan fingerprint density at radius 2 is 1.77 bits per heavy atom. The number of carbonyl (C=O) groups excluding carboxylic acids is 1. The van der Waals surface area contributed by atoms with Gasteiger partial charge in [-0.2, -0.15) is 21.6 Å². The number of aliphatic hydroxyl groups excluding tert-OH is 1. The number of rotatable bonds is 11. The van der Waals surface area contributed by atoms with E-state index in [1.54, 1.807) is 6.92 Å². The zero-order chi connectivity index (χ0) is 35.2. The maximum Gasteiger partial charge on any atom is 0.416 e. The molecule has 0 saturated carbocycles. The van der Waals surface area contributed by atoms with Gasteiger partial charge in [0.2, 0.25) is 0 Å². The zero-order valence-electron chi connectivity index (χ0n) is 25.8. The molecule has 47 heavy (non-hydrogen) atoms. The molecule has 0 spiro atoms. The van der Waals surface area contributed by atoms with Crippen LogP contribution in [0.1, 0.15) is 48.4 Å². The number of halogens is 4. The van der Waals surface area contributed by atoms with E-state index >= 15 is 0 Å². The molecule has 258 valence electrons. The fourth-order valence-corrected chi connectivity index (χ4v) is 4.40. The van der Waals surface area contributed by atoms with Crippen LogP contribution in [-0.2, 0) is 16.6 Å². The molecule has 1 amide bonds. The minimum Gasteiger partial charge on any atom is -0.395 e. The average molecular weight is 704 g/mol. The molecule has 2 heterocycles. The number of amides is 1. The quantitative estimate of drug-likeness (QED) is 0.109. The number of benzene rings is 2. The number of nitrogens with one attached hydrogen (secondary N) is 2. The molecule has 0 bridgehead atoms. The Bertz CT molecular complexity index is 1660. The van der Waals surface area contributed by atoms with E-state index < -0.39 is 28.0 Å². The van der Waals surface area contributed by atoms with Gasteiger partial charge in [0.05, 0.1) is 23.9 Å². The summed E-state index contributed by atoms with van der Waals surface area (Å²) in [6.07, 6.45) is 0.853. The number of carbonyl (C=O) groups is 1. The van der Waals surface area contributed by atoms with Crippen molar-refractivity contribution in [3.8, 4) is 0 Å². The lowest BCUT2D eigenvalue weighted by atomic mass is 10.1. The van der Waals surface area contributed by atoms with Crippen molar-refractivity contribution in [2.45, 2.75) is 45.8 Å². The third-order valence-electron chi connectivity index (χ3n) is 6.55. The maximum absolute atomic E-state index is 12.4. The Morgan fingerprint density at radius 1 is 1.11 bits per heavy atom. The van der Waals surface area contributed by atoms with Gasteiger partial charge in [-0.05, 0) is 88.3 Å². The Kier molecular flexibility index (Phi) is 15.5. The molecule has 0 saturated heterocycles. The number of aliphatic hydroxyl groups is 1. The number of pyridine rings is 1. The van der Waals surface area contributed by atoms with Gasteiger partial charge in [-0.25, -0.2) is 0 Å². The fourth-order valence-electron chi connectivity index (χ4n) is 4.23. The molecule has 1 atom stereocenters. The van der Waals surface area contributed by atoms with Gasteiger partial charge in [0, 0.05) is 40.6 Å². The minimum absolute atomic E-state index is 0.229. The van der Waals surface area contributed by atoms with E-state index in [2.05, 4.69) is 39.5 Å². The van der Waals surface area contributed by atoms with Crippen LogP contribution >= 0.6 is 11.6 Å². The van der Waals surface area contributed by atoms with Crippen LogP contribution in [0.5, 0.6) is 0 Å². The number of nitrogens with zero attached hydrogens (tertiary/aromatic N) is 3. The fraction of sp³-hybridized carbons (Fsp3) is 0.367. The highest BCUT2D eigenvalue weighted by atomic mass is 35.5. The summed E-state index contributed by atoms with van der Waals surface area (Å²) in [4.78, 5) is 18.4. The van der Waals surface area contributed by atoms with Gasteiger partial charge in [-0.3, -0.25) is 18.9 Å². The van der Waals surface area contributed by atoms with E-state index in [1.807, 2.05) is 30.5 Å². The van der Waals surface area contributed by atoms with Gasteiger partial charge >= 0.3 is 16.6 Å². The largest absolute Gasteiger partial charge is 0.416 e. The molecular formula is C30H37ClF3N5O7S. The second kappa shape index (κ2) is 18.5. The van der Waals surface area contributed by atoms with Gasteiger partial charge in [-0.15, -0.1) is 0 Å². The normalized spacial score (nSPS) is 12.1. The Labute approximate surface area is 275 Å². The lowest BCUT2D eigenvalue weighted by Gasteiger charge is -2.21. The Morgan fingerprint density at radius 3 is 2.32 bits per heavy atom. The van der Waals surface area contributed by atoms with Crippen molar-refractivity contribution in [3.63, 3.8) is 0 Å². The van der Waals surface area contributed by atoms with Crippen molar-refractivity contribution in [2.75, 3.05) is 36.9 Å². The first-order chi connectivity index (χ1) is 22.0. The molecule has 2 aromatic heterocycles. The van der Waals surface area contributed by atoms with E-state index in [9.17, 15) is 18.0 Å². The van der Waals surface area contributed by atoms with Crippen molar-refractivity contribution < 1.29 is 45.1 Å². The van der Waals surface area contributed by atoms with Gasteiger partial charge in [0.1, 0.15) is 11.3 Å². The number of fused-ring (bicyclic) bond motifs is 1. The van der Waals surface area contributed by atoms with Crippen LogP contribution in [-0.4, -0.2) is 75.9 Å². The lowest BCUT2D eigenvalue weighted by molar-refractivity contribution is -0.137. The van der Waals surface area contributed by atoms with Crippen molar-refractivity contribution in [3.05, 3.63) is 82.8 Å². The van der Waals surface area contributed by atoms with E-state index in [1.165, 1.54) is 18.3 Å². The first-order valence-electron chi connectivity index (χ1n) is 14.3. The van der Waals surface area contributed by atoms with Crippen LogP contribution in [0.3, 0.4) is 0 Å². The SMILES string of the molecule is CCN(CCO)CCCC(C)Nc1ccnc2cc(Cl)ccc12.Cc1oncc1C(=O)Nc1ccc(C(F)(F)F)cc1.O=S(=O)(O)O. The molecule has 1 unspecified atom stereocenters. The first kappa shape index (κ1) is 39.4. The van der Waals surface area contributed by atoms with E-state index in [0.29, 0.717) is 16.8 Å². The van der Waals surface area contributed by atoms with Crippen molar-refractivity contribution >= 4 is 50.2 Å². The van der Waals surface area contributed by atoms with E-state index in [-0.39, 0.29) is 17.9 Å². The molecule has 2 aromatic carbocycles. The van der Waals surface area contributed by atoms with Gasteiger partial charge < -0.3 is 25.2 Å². The molecule has 0 radical (unpaired) electrons. The third kappa shape index (κ3) is 14.7. The van der Waals surface area contributed by atoms with Crippen LogP contribution in [0.25, 0.3) is 10.9 Å². The molecule has 4 rings (SSSR count). The lowest BCUT2D eigenvalue weighted by Crippen LogP contribution is -2.28.